The van der Waals surface area contributed by atoms with E-state index in [1.165, 1.54) is 6.34 Å². The van der Waals surface area contributed by atoms with Crippen LogP contribution in [-0.4, -0.2) is 19.2 Å². The first-order valence-corrected chi connectivity index (χ1v) is 4.24. The smallest absolute Gasteiger partial charge is 0.209 e. The summed E-state index contributed by atoms with van der Waals surface area (Å²) < 4.78 is 12.7. The molecule has 0 saturated heterocycles. The third-order valence-electron chi connectivity index (χ3n) is 2.04. The third-order valence-corrected chi connectivity index (χ3v) is 2.04. The highest BCUT2D eigenvalue weighted by atomic mass is 19.1. The molecule has 0 N–H and O–H groups in total. The van der Waals surface area contributed by atoms with Crippen molar-refractivity contribution in [3.63, 3.8) is 0 Å². The van der Waals surface area contributed by atoms with E-state index in [0.717, 1.165) is 5.69 Å². The molecule has 3 nitrogen and oxygen atoms in total. The lowest BCUT2D eigenvalue weighted by Gasteiger charge is -2.13. The van der Waals surface area contributed by atoms with Gasteiger partial charge in [-0.05, 0) is 24.3 Å². The van der Waals surface area contributed by atoms with Crippen molar-refractivity contribution < 1.29 is 4.39 Å². The van der Waals surface area contributed by atoms with Crippen molar-refractivity contribution >= 4 is 12.0 Å². The average molecular weight is 189 g/mol. The van der Waals surface area contributed by atoms with Crippen LogP contribution in [0.4, 0.5) is 10.1 Å². The van der Waals surface area contributed by atoms with E-state index in [4.69, 9.17) is 5.26 Å². The van der Waals surface area contributed by atoms with Crippen LogP contribution in [0.5, 0.6) is 0 Å². The number of halogens is 1. The molecule has 1 atom stereocenters. The Morgan fingerprint density at radius 1 is 1.43 bits per heavy atom. The topological polar surface area (TPSA) is 39.4 Å². The summed E-state index contributed by atoms with van der Waals surface area (Å²) in [6, 6.07) is 8.99. The molecule has 70 valence electrons. The molecular formula is C10H8FN3. The predicted octanol–water partition coefficient (Wildman–Crippen LogP) is 1.70. The maximum atomic E-state index is 12.7. The second-order valence-electron chi connectivity index (χ2n) is 3.01. The molecule has 2 rings (SSSR count). The number of alkyl halides is 1. The zero-order valence-corrected chi connectivity index (χ0v) is 7.39. The largest absolute Gasteiger partial charge is 0.328 e. The SMILES string of the molecule is N#Cc1ccc(N2C=NC(F)C2)cc1. The number of nitriles is 1. The Hall–Kier alpha value is -1.89. The van der Waals surface area contributed by atoms with Gasteiger partial charge < -0.3 is 4.90 Å². The molecule has 0 fully saturated rings. The number of benzene rings is 1. The Kier molecular flexibility index (Phi) is 2.15. The molecule has 14 heavy (non-hydrogen) atoms. The van der Waals surface area contributed by atoms with Gasteiger partial charge in [0.2, 0.25) is 6.30 Å². The minimum absolute atomic E-state index is 0.256. The van der Waals surface area contributed by atoms with Gasteiger partial charge in [0.25, 0.3) is 0 Å². The number of aliphatic imine (C=N–C) groups is 1. The maximum Gasteiger partial charge on any atom is 0.209 e. The summed E-state index contributed by atoms with van der Waals surface area (Å²) in [6.07, 6.45) is 0.345. The van der Waals surface area contributed by atoms with E-state index in [2.05, 4.69) is 4.99 Å². The van der Waals surface area contributed by atoms with Crippen molar-refractivity contribution in [2.24, 2.45) is 4.99 Å². The molecule has 4 heteroatoms. The first-order chi connectivity index (χ1) is 6.79. The molecular weight excluding hydrogens is 181 g/mol. The van der Waals surface area contributed by atoms with Gasteiger partial charge >= 0.3 is 0 Å². The first kappa shape index (κ1) is 8.70. The zero-order valence-electron chi connectivity index (χ0n) is 7.39. The normalized spacial score (nSPS) is 19.7. The number of anilines is 1. The molecule has 0 aromatic heterocycles. The second kappa shape index (κ2) is 3.46. The van der Waals surface area contributed by atoms with Crippen molar-refractivity contribution in [3.05, 3.63) is 29.8 Å². The molecule has 1 heterocycles. The Morgan fingerprint density at radius 3 is 2.64 bits per heavy atom. The van der Waals surface area contributed by atoms with E-state index >= 15 is 0 Å². The number of nitrogens with zero attached hydrogens (tertiary/aromatic N) is 3. The average Bonchev–Trinajstić information content (AvgIpc) is 2.65. The molecule has 0 bridgehead atoms. The van der Waals surface area contributed by atoms with Crippen LogP contribution < -0.4 is 4.90 Å². The third kappa shape index (κ3) is 1.57. The van der Waals surface area contributed by atoms with E-state index in [-0.39, 0.29) is 6.54 Å². The fraction of sp³-hybridized carbons (Fsp3) is 0.200. The summed E-state index contributed by atoms with van der Waals surface area (Å²) >= 11 is 0. The Morgan fingerprint density at radius 2 is 2.14 bits per heavy atom. The second-order valence-corrected chi connectivity index (χ2v) is 3.01. The Labute approximate surface area is 81.1 Å². The lowest BCUT2D eigenvalue weighted by molar-refractivity contribution is 0.369. The fourth-order valence-electron chi connectivity index (χ4n) is 1.31. The van der Waals surface area contributed by atoms with Crippen LogP contribution in [0.1, 0.15) is 5.56 Å². The van der Waals surface area contributed by atoms with Crippen LogP contribution >= 0.6 is 0 Å². The van der Waals surface area contributed by atoms with Gasteiger partial charge in [0.1, 0.15) is 0 Å². The first-order valence-electron chi connectivity index (χ1n) is 4.24. The van der Waals surface area contributed by atoms with E-state index in [1.54, 1.807) is 29.2 Å². The quantitative estimate of drug-likeness (QED) is 0.631. The highest BCUT2D eigenvalue weighted by Crippen LogP contribution is 2.17. The van der Waals surface area contributed by atoms with E-state index in [1.807, 2.05) is 6.07 Å². The van der Waals surface area contributed by atoms with Gasteiger partial charge in [0, 0.05) is 5.69 Å². The van der Waals surface area contributed by atoms with E-state index in [9.17, 15) is 4.39 Å². The molecule has 0 aliphatic carbocycles. The zero-order chi connectivity index (χ0) is 9.97. The Bertz CT molecular complexity index is 391. The highest BCUT2D eigenvalue weighted by Gasteiger charge is 2.16. The van der Waals surface area contributed by atoms with E-state index in [0.29, 0.717) is 5.56 Å². The van der Waals surface area contributed by atoms with Gasteiger partial charge in [-0.1, -0.05) is 0 Å². The molecule has 0 spiro atoms. The number of hydrogen-bond donors (Lipinski definition) is 0. The summed E-state index contributed by atoms with van der Waals surface area (Å²) in [7, 11) is 0. The van der Waals surface area contributed by atoms with Gasteiger partial charge in [-0.3, -0.25) is 0 Å². The van der Waals surface area contributed by atoms with Gasteiger partial charge in [0.15, 0.2) is 0 Å². The van der Waals surface area contributed by atoms with Crippen molar-refractivity contribution in [3.8, 4) is 6.07 Å². The van der Waals surface area contributed by atoms with Crippen LogP contribution in [0, 0.1) is 11.3 Å². The minimum Gasteiger partial charge on any atom is -0.328 e. The van der Waals surface area contributed by atoms with Crippen LogP contribution in [0.15, 0.2) is 29.3 Å². The lowest BCUT2D eigenvalue weighted by atomic mass is 10.2. The number of hydrogen-bond acceptors (Lipinski definition) is 3. The minimum atomic E-state index is -1.13. The van der Waals surface area contributed by atoms with Gasteiger partial charge in [-0.15, -0.1) is 0 Å². The van der Waals surface area contributed by atoms with Crippen molar-refractivity contribution in [2.45, 2.75) is 6.30 Å². The summed E-state index contributed by atoms with van der Waals surface area (Å²) in [5.74, 6) is 0. The van der Waals surface area contributed by atoms with Crippen molar-refractivity contribution in [2.75, 3.05) is 11.4 Å². The number of rotatable bonds is 1. The van der Waals surface area contributed by atoms with Crippen LogP contribution in [-0.2, 0) is 0 Å². The summed E-state index contributed by atoms with van der Waals surface area (Å²) in [4.78, 5) is 5.32. The van der Waals surface area contributed by atoms with Crippen molar-refractivity contribution in [1.82, 2.24) is 0 Å². The maximum absolute atomic E-state index is 12.7. The molecule has 1 aromatic rings. The summed E-state index contributed by atoms with van der Waals surface area (Å²) in [6.45, 7) is 0.256. The van der Waals surface area contributed by atoms with Gasteiger partial charge in [-0.2, -0.15) is 5.26 Å². The van der Waals surface area contributed by atoms with Crippen LogP contribution in [0.25, 0.3) is 0 Å². The van der Waals surface area contributed by atoms with Crippen molar-refractivity contribution in [1.29, 1.82) is 5.26 Å². The lowest BCUT2D eigenvalue weighted by Crippen LogP contribution is -2.20. The van der Waals surface area contributed by atoms with Crippen LogP contribution in [0.3, 0.4) is 0 Å². The van der Waals surface area contributed by atoms with Crippen LogP contribution in [0.2, 0.25) is 0 Å². The molecule has 1 unspecified atom stereocenters. The monoisotopic (exact) mass is 189 g/mol. The van der Waals surface area contributed by atoms with E-state index < -0.39 is 6.30 Å². The Balaban J connectivity index is 2.19. The van der Waals surface area contributed by atoms with Gasteiger partial charge in [-0.25, -0.2) is 9.38 Å². The molecule has 0 amide bonds. The molecule has 1 aliphatic rings. The molecule has 1 aliphatic heterocycles. The molecule has 1 aromatic carbocycles. The predicted molar refractivity (Wildman–Crippen MR) is 51.9 cm³/mol. The standard InChI is InChI=1S/C10H8FN3/c11-10-6-14(7-13-10)9-3-1-8(5-12)2-4-9/h1-4,7,10H,6H2. The molecule has 0 radical (unpaired) electrons. The molecule has 0 saturated carbocycles. The fourth-order valence-corrected chi connectivity index (χ4v) is 1.31. The summed E-state index contributed by atoms with van der Waals surface area (Å²) in [5.41, 5.74) is 1.45. The summed E-state index contributed by atoms with van der Waals surface area (Å²) in [5, 5.41) is 8.59. The highest BCUT2D eigenvalue weighted by molar-refractivity contribution is 5.81. The van der Waals surface area contributed by atoms with Gasteiger partial charge in [0.05, 0.1) is 24.5 Å².